The molecular weight excluding hydrogens is 328 g/mol. The average Bonchev–Trinajstić information content (AvgIpc) is 2.31. The molecule has 12 nitrogen and oxygen atoms in total. The maximum absolute atomic E-state index is 11.5. The van der Waals surface area contributed by atoms with E-state index in [0.717, 1.165) is 0 Å². The second-order valence-electron chi connectivity index (χ2n) is 4.45. The Balaban J connectivity index is 6.71. The van der Waals surface area contributed by atoms with Crippen LogP contribution in [-0.4, -0.2) is 62.4 Å². The van der Waals surface area contributed by atoms with Gasteiger partial charge in [0.05, 0.1) is 12.3 Å². The first kappa shape index (κ1) is 19.9. The van der Waals surface area contributed by atoms with Crippen LogP contribution in [-0.2, 0) is 29.3 Å². The van der Waals surface area contributed by atoms with Crippen LogP contribution in [0.25, 0.3) is 0 Å². The number of carbonyl (C=O) groups is 4. The molecule has 3 atom stereocenters. The maximum atomic E-state index is 11.5. The molecule has 0 aliphatic carbocycles. The zero-order valence-corrected chi connectivity index (χ0v) is 11.9. The topological polar surface area (TPSA) is 235 Å². The number of rotatable bonds is 8. The van der Waals surface area contributed by atoms with Gasteiger partial charge in [0.1, 0.15) is 0 Å². The third-order valence-electron chi connectivity index (χ3n) is 3.14. The summed E-state index contributed by atoms with van der Waals surface area (Å²) >= 11 is 0. The van der Waals surface area contributed by atoms with Crippen molar-refractivity contribution in [2.24, 2.45) is 17.4 Å². The molecule has 0 aliphatic rings. The summed E-state index contributed by atoms with van der Waals surface area (Å²) in [4.78, 5) is 40.9. The number of carbonyl (C=O) groups excluding carboxylic acids is 1. The fourth-order valence-electron chi connectivity index (χ4n) is 1.81. The van der Waals surface area contributed by atoms with Gasteiger partial charge in [-0.25, -0.2) is 9.59 Å². The summed E-state index contributed by atoms with van der Waals surface area (Å²) < 4.78 is 31.6. The first-order valence-corrected chi connectivity index (χ1v) is 6.81. The fourth-order valence-corrected chi connectivity index (χ4v) is 2.66. The quantitative estimate of drug-likeness (QED) is 0.192. The number of aliphatic carboxylic acids is 3. The van der Waals surface area contributed by atoms with Crippen LogP contribution in [0.15, 0.2) is 0 Å². The number of nitrogens with two attached hydrogens (primary N) is 2. The van der Waals surface area contributed by atoms with E-state index < -0.39 is 56.6 Å². The standard InChI is InChI=1S/C9H14N2O10S/c1-3(12)8(10,6(15)16)4(2-5(13)14)9(11,7(17)18)22(19,20)21/h4H,2,10-11H2,1H3,(H,13,14)(H,15,16)(H,17,18)(H,19,20,21). The SMILES string of the molecule is CC(=O)C(N)(C(=O)O)C(CC(=O)O)C(N)(C(=O)O)S(=O)(=O)O. The molecule has 0 fully saturated rings. The van der Waals surface area contributed by atoms with Crippen molar-refractivity contribution < 1.29 is 47.5 Å². The lowest BCUT2D eigenvalue weighted by Crippen LogP contribution is -2.73. The predicted molar refractivity (Wildman–Crippen MR) is 67.1 cm³/mol. The molecule has 0 spiro atoms. The minimum absolute atomic E-state index is 0.579. The number of carboxylic acids is 3. The van der Waals surface area contributed by atoms with Crippen LogP contribution in [0.3, 0.4) is 0 Å². The molecule has 0 aromatic carbocycles. The Morgan fingerprint density at radius 2 is 1.45 bits per heavy atom. The minimum atomic E-state index is -5.74. The van der Waals surface area contributed by atoms with Gasteiger partial charge in [-0.2, -0.15) is 8.42 Å². The lowest BCUT2D eigenvalue weighted by atomic mass is 9.75. The molecule has 3 unspecified atom stereocenters. The molecule has 22 heavy (non-hydrogen) atoms. The highest BCUT2D eigenvalue weighted by atomic mass is 32.2. The average molecular weight is 342 g/mol. The number of carboxylic acid groups (broad SMARTS) is 3. The van der Waals surface area contributed by atoms with Gasteiger partial charge in [-0.3, -0.25) is 14.1 Å². The molecule has 0 aromatic rings. The van der Waals surface area contributed by atoms with Gasteiger partial charge in [0.25, 0.3) is 10.1 Å². The molecule has 126 valence electrons. The molecule has 13 heteroatoms. The molecule has 0 heterocycles. The smallest absolute Gasteiger partial charge is 0.342 e. The van der Waals surface area contributed by atoms with Gasteiger partial charge in [0.15, 0.2) is 11.3 Å². The zero-order chi connectivity index (χ0) is 18.1. The van der Waals surface area contributed by atoms with Crippen LogP contribution >= 0.6 is 0 Å². The van der Waals surface area contributed by atoms with E-state index in [4.69, 9.17) is 31.3 Å². The van der Waals surface area contributed by atoms with Crippen molar-refractivity contribution in [3.63, 3.8) is 0 Å². The van der Waals surface area contributed by atoms with Crippen molar-refractivity contribution in [1.82, 2.24) is 0 Å². The molecule has 8 N–H and O–H groups in total. The van der Waals surface area contributed by atoms with Crippen molar-refractivity contribution in [1.29, 1.82) is 0 Å². The Labute approximate surface area is 123 Å². The summed E-state index contributed by atoms with van der Waals surface area (Å²) in [6.45, 7) is 0.579. The van der Waals surface area contributed by atoms with E-state index in [1.807, 2.05) is 0 Å². The summed E-state index contributed by atoms with van der Waals surface area (Å²) in [7, 11) is -5.74. The molecular formula is C9H14N2O10S. The van der Waals surface area contributed by atoms with Gasteiger partial charge in [0, 0.05) is 0 Å². The first-order chi connectivity index (χ1) is 9.63. The lowest BCUT2D eigenvalue weighted by molar-refractivity contribution is -0.155. The number of hydrogen-bond donors (Lipinski definition) is 6. The van der Waals surface area contributed by atoms with Gasteiger partial charge in [-0.1, -0.05) is 0 Å². The van der Waals surface area contributed by atoms with Crippen molar-refractivity contribution in [2.45, 2.75) is 23.8 Å². The van der Waals surface area contributed by atoms with E-state index in [1.54, 1.807) is 0 Å². The second kappa shape index (κ2) is 5.96. The van der Waals surface area contributed by atoms with Crippen LogP contribution in [0.4, 0.5) is 0 Å². The first-order valence-electron chi connectivity index (χ1n) is 5.37. The summed E-state index contributed by atoms with van der Waals surface area (Å²) in [6.07, 6.45) is -1.52. The lowest BCUT2D eigenvalue weighted by Gasteiger charge is -2.38. The van der Waals surface area contributed by atoms with Crippen molar-refractivity contribution in [3.05, 3.63) is 0 Å². The largest absolute Gasteiger partial charge is 0.481 e. The van der Waals surface area contributed by atoms with E-state index in [-0.39, 0.29) is 0 Å². The highest BCUT2D eigenvalue weighted by Gasteiger charge is 2.64. The van der Waals surface area contributed by atoms with Crippen LogP contribution in [0.2, 0.25) is 0 Å². The van der Waals surface area contributed by atoms with E-state index in [0.29, 0.717) is 6.92 Å². The molecule has 0 bridgehead atoms. The summed E-state index contributed by atoms with van der Waals surface area (Å²) in [5, 5.41) is 26.7. The third-order valence-corrected chi connectivity index (χ3v) is 4.46. The van der Waals surface area contributed by atoms with Crippen LogP contribution in [0.1, 0.15) is 13.3 Å². The third kappa shape index (κ3) is 3.06. The Kier molecular flexibility index (Phi) is 5.39. The molecule has 0 aromatic heterocycles. The second-order valence-corrected chi connectivity index (χ2v) is 6.08. The van der Waals surface area contributed by atoms with Gasteiger partial charge in [0.2, 0.25) is 4.87 Å². The van der Waals surface area contributed by atoms with Crippen molar-refractivity contribution in [3.8, 4) is 0 Å². The Morgan fingerprint density at radius 3 is 1.64 bits per heavy atom. The van der Waals surface area contributed by atoms with Gasteiger partial charge in [-0.05, 0) is 6.92 Å². The van der Waals surface area contributed by atoms with Crippen LogP contribution < -0.4 is 11.5 Å². The van der Waals surface area contributed by atoms with E-state index >= 15 is 0 Å². The van der Waals surface area contributed by atoms with Gasteiger partial charge < -0.3 is 26.8 Å². The van der Waals surface area contributed by atoms with Crippen LogP contribution in [0, 0.1) is 5.92 Å². The molecule has 0 saturated heterocycles. The van der Waals surface area contributed by atoms with Gasteiger partial charge >= 0.3 is 17.9 Å². The molecule has 0 radical (unpaired) electrons. The highest BCUT2D eigenvalue weighted by Crippen LogP contribution is 2.33. The zero-order valence-electron chi connectivity index (χ0n) is 11.1. The molecule has 0 aliphatic heterocycles. The fraction of sp³-hybridized carbons (Fsp3) is 0.556. The van der Waals surface area contributed by atoms with Crippen LogP contribution in [0.5, 0.6) is 0 Å². The maximum Gasteiger partial charge on any atom is 0.342 e. The number of hydrogen-bond acceptors (Lipinski definition) is 8. The Hall–Kier alpha value is -2.09. The van der Waals surface area contributed by atoms with E-state index in [2.05, 4.69) is 0 Å². The number of ketones is 1. The normalized spacial score (nSPS) is 18.5. The monoisotopic (exact) mass is 342 g/mol. The van der Waals surface area contributed by atoms with E-state index in [9.17, 15) is 27.6 Å². The predicted octanol–water partition coefficient (Wildman–Crippen LogP) is -2.92. The van der Waals surface area contributed by atoms with Crippen molar-refractivity contribution >= 4 is 33.8 Å². The highest BCUT2D eigenvalue weighted by molar-refractivity contribution is 7.88. The number of Topliss-reactive ketones (excluding diaryl/α,β-unsaturated/α-hetero) is 1. The van der Waals surface area contributed by atoms with Crippen molar-refractivity contribution in [2.75, 3.05) is 0 Å². The Morgan fingerprint density at radius 1 is 1.05 bits per heavy atom. The minimum Gasteiger partial charge on any atom is -0.481 e. The summed E-state index contributed by atoms with van der Waals surface area (Å²) in [5.41, 5.74) is 7.06. The summed E-state index contributed by atoms with van der Waals surface area (Å²) in [6, 6.07) is 0. The molecule has 0 saturated carbocycles. The van der Waals surface area contributed by atoms with E-state index in [1.165, 1.54) is 0 Å². The van der Waals surface area contributed by atoms with Gasteiger partial charge in [-0.15, -0.1) is 0 Å². The molecule has 0 amide bonds. The summed E-state index contributed by atoms with van der Waals surface area (Å²) in [5.74, 6) is -10.7. The molecule has 0 rings (SSSR count). The Bertz CT molecular complexity index is 612.